The van der Waals surface area contributed by atoms with E-state index in [1.54, 1.807) is 12.1 Å². The van der Waals surface area contributed by atoms with Crippen LogP contribution in [0.1, 0.15) is 12.8 Å². The highest BCUT2D eigenvalue weighted by atomic mass is 16.3. The normalized spacial score (nSPS) is 15.0. The SMILES string of the molecule is Oc1ccc(BC2=CC=CCC2)cc1. The molecule has 1 nitrogen and oxygen atoms in total. The molecule has 0 radical (unpaired) electrons. The first-order valence-corrected chi connectivity index (χ1v) is 4.97. The Morgan fingerprint density at radius 2 is 1.93 bits per heavy atom. The van der Waals surface area contributed by atoms with Crippen LogP contribution in [0.2, 0.25) is 0 Å². The summed E-state index contributed by atoms with van der Waals surface area (Å²) in [6.45, 7) is 0. The molecule has 0 bridgehead atoms. The molecule has 0 amide bonds. The highest BCUT2D eigenvalue weighted by Crippen LogP contribution is 2.10. The first-order chi connectivity index (χ1) is 6.84. The zero-order chi connectivity index (χ0) is 9.80. The summed E-state index contributed by atoms with van der Waals surface area (Å²) >= 11 is 0. The minimum absolute atomic E-state index is 0.339. The quantitative estimate of drug-likeness (QED) is 0.693. The summed E-state index contributed by atoms with van der Waals surface area (Å²) in [5, 5.41) is 9.14. The van der Waals surface area contributed by atoms with Gasteiger partial charge in [-0.2, -0.15) is 0 Å². The molecular formula is C12H13BO. The fraction of sp³-hybridized carbons (Fsp3) is 0.167. The second-order valence-corrected chi connectivity index (χ2v) is 3.63. The molecule has 0 unspecified atom stereocenters. The topological polar surface area (TPSA) is 20.2 Å². The molecule has 1 aromatic rings. The van der Waals surface area contributed by atoms with Gasteiger partial charge in [0.1, 0.15) is 5.75 Å². The number of aromatic hydroxyl groups is 1. The summed E-state index contributed by atoms with van der Waals surface area (Å²) in [4.78, 5) is 0. The minimum atomic E-state index is 0.339. The molecule has 14 heavy (non-hydrogen) atoms. The van der Waals surface area contributed by atoms with Gasteiger partial charge < -0.3 is 5.11 Å². The van der Waals surface area contributed by atoms with Crippen molar-refractivity contribution in [1.82, 2.24) is 0 Å². The van der Waals surface area contributed by atoms with Crippen LogP contribution in [0.5, 0.6) is 5.75 Å². The first kappa shape index (κ1) is 9.13. The largest absolute Gasteiger partial charge is 0.508 e. The first-order valence-electron chi connectivity index (χ1n) is 4.97. The lowest BCUT2D eigenvalue weighted by Gasteiger charge is -2.07. The zero-order valence-corrected chi connectivity index (χ0v) is 8.11. The molecule has 2 rings (SSSR count). The predicted octanol–water partition coefficient (Wildman–Crippen LogP) is 1.69. The third-order valence-corrected chi connectivity index (χ3v) is 2.47. The average Bonchev–Trinajstić information content (AvgIpc) is 2.23. The van der Waals surface area contributed by atoms with Gasteiger partial charge >= 0.3 is 0 Å². The molecule has 0 saturated heterocycles. The molecule has 1 N–H and O–H groups in total. The fourth-order valence-corrected chi connectivity index (χ4v) is 1.68. The van der Waals surface area contributed by atoms with E-state index in [9.17, 15) is 0 Å². The van der Waals surface area contributed by atoms with Crippen LogP contribution < -0.4 is 5.46 Å². The molecule has 2 heteroatoms. The Bertz CT molecular complexity index is 362. The van der Waals surface area contributed by atoms with Gasteiger partial charge in [-0.05, 0) is 25.0 Å². The number of phenolic OH excluding ortho intramolecular Hbond substituents is 1. The van der Waals surface area contributed by atoms with Crippen molar-refractivity contribution in [3.8, 4) is 5.75 Å². The Labute approximate surface area is 85.0 Å². The van der Waals surface area contributed by atoms with Crippen LogP contribution >= 0.6 is 0 Å². The fourth-order valence-electron chi connectivity index (χ4n) is 1.68. The molecule has 0 spiro atoms. The molecule has 0 atom stereocenters. The number of benzene rings is 1. The van der Waals surface area contributed by atoms with Crippen molar-refractivity contribution in [3.05, 3.63) is 48.0 Å². The third-order valence-electron chi connectivity index (χ3n) is 2.47. The van der Waals surface area contributed by atoms with Crippen molar-refractivity contribution < 1.29 is 5.11 Å². The van der Waals surface area contributed by atoms with E-state index in [1.165, 1.54) is 10.9 Å². The van der Waals surface area contributed by atoms with E-state index in [-0.39, 0.29) is 0 Å². The molecule has 0 saturated carbocycles. The van der Waals surface area contributed by atoms with Crippen molar-refractivity contribution in [2.45, 2.75) is 12.8 Å². The highest BCUT2D eigenvalue weighted by molar-refractivity contribution is 6.61. The van der Waals surface area contributed by atoms with Gasteiger partial charge in [-0.3, -0.25) is 0 Å². The maximum atomic E-state index is 9.14. The van der Waals surface area contributed by atoms with Crippen LogP contribution in [-0.2, 0) is 0 Å². The zero-order valence-electron chi connectivity index (χ0n) is 8.11. The number of phenols is 1. The van der Waals surface area contributed by atoms with Gasteiger partial charge in [0.2, 0.25) is 0 Å². The second kappa shape index (κ2) is 4.18. The Balaban J connectivity index is 2.07. The second-order valence-electron chi connectivity index (χ2n) is 3.63. The van der Waals surface area contributed by atoms with Gasteiger partial charge in [-0.15, -0.1) is 0 Å². The van der Waals surface area contributed by atoms with Crippen molar-refractivity contribution >= 4 is 12.7 Å². The van der Waals surface area contributed by atoms with Gasteiger partial charge in [-0.1, -0.05) is 41.3 Å². The standard InChI is InChI=1S/C12H13BO/c14-12-8-6-11(7-9-12)13-10-4-2-1-3-5-10/h1-2,4,6-9,13-14H,3,5H2. The predicted molar refractivity (Wildman–Crippen MR) is 61.3 cm³/mol. The van der Waals surface area contributed by atoms with Crippen molar-refractivity contribution in [2.24, 2.45) is 0 Å². The lowest BCUT2D eigenvalue weighted by molar-refractivity contribution is 0.475. The van der Waals surface area contributed by atoms with Crippen LogP contribution in [0.15, 0.2) is 48.0 Å². The molecule has 1 aromatic carbocycles. The van der Waals surface area contributed by atoms with Gasteiger partial charge in [-0.25, -0.2) is 0 Å². The number of rotatable bonds is 2. The van der Waals surface area contributed by atoms with E-state index in [1.807, 2.05) is 12.1 Å². The molecule has 1 aliphatic rings. The monoisotopic (exact) mass is 184 g/mol. The van der Waals surface area contributed by atoms with Crippen LogP contribution in [0.3, 0.4) is 0 Å². The maximum absolute atomic E-state index is 9.14. The molecular weight excluding hydrogens is 171 g/mol. The smallest absolute Gasteiger partial charge is 0.187 e. The molecule has 0 fully saturated rings. The highest BCUT2D eigenvalue weighted by Gasteiger charge is 2.03. The van der Waals surface area contributed by atoms with Gasteiger partial charge in [0.25, 0.3) is 0 Å². The Morgan fingerprint density at radius 1 is 1.14 bits per heavy atom. The summed E-state index contributed by atoms with van der Waals surface area (Å²) < 4.78 is 0. The van der Waals surface area contributed by atoms with Crippen LogP contribution in [-0.4, -0.2) is 12.4 Å². The minimum Gasteiger partial charge on any atom is -0.508 e. The molecule has 70 valence electrons. The summed E-state index contributed by atoms with van der Waals surface area (Å²) in [6.07, 6.45) is 8.83. The van der Waals surface area contributed by atoms with E-state index in [4.69, 9.17) is 5.11 Å². The molecule has 1 aliphatic carbocycles. The lowest BCUT2D eigenvalue weighted by atomic mass is 9.61. The summed E-state index contributed by atoms with van der Waals surface area (Å²) in [6, 6.07) is 7.45. The number of allylic oxidation sites excluding steroid dienone is 4. The molecule has 0 heterocycles. The summed E-state index contributed by atoms with van der Waals surface area (Å²) in [5.74, 6) is 0.339. The Hall–Kier alpha value is -1.44. The van der Waals surface area contributed by atoms with Crippen molar-refractivity contribution in [3.63, 3.8) is 0 Å². The molecule has 0 aromatic heterocycles. The average molecular weight is 184 g/mol. The van der Waals surface area contributed by atoms with Crippen LogP contribution in [0.4, 0.5) is 0 Å². The van der Waals surface area contributed by atoms with Crippen LogP contribution in [0.25, 0.3) is 0 Å². The van der Waals surface area contributed by atoms with Crippen molar-refractivity contribution in [1.29, 1.82) is 0 Å². The van der Waals surface area contributed by atoms with Gasteiger partial charge in [0.15, 0.2) is 7.28 Å². The van der Waals surface area contributed by atoms with Crippen molar-refractivity contribution in [2.75, 3.05) is 0 Å². The van der Waals surface area contributed by atoms with E-state index in [0.29, 0.717) is 5.75 Å². The van der Waals surface area contributed by atoms with Gasteiger partial charge in [0, 0.05) is 0 Å². The van der Waals surface area contributed by atoms with E-state index in [0.717, 1.165) is 20.1 Å². The third kappa shape index (κ3) is 2.29. The van der Waals surface area contributed by atoms with E-state index >= 15 is 0 Å². The Kier molecular flexibility index (Phi) is 2.73. The maximum Gasteiger partial charge on any atom is 0.187 e. The lowest BCUT2D eigenvalue weighted by Crippen LogP contribution is -2.16. The van der Waals surface area contributed by atoms with Crippen LogP contribution in [0, 0.1) is 0 Å². The number of hydrogen-bond donors (Lipinski definition) is 1. The Morgan fingerprint density at radius 3 is 2.57 bits per heavy atom. The summed E-state index contributed by atoms with van der Waals surface area (Å²) in [7, 11) is 1.00. The van der Waals surface area contributed by atoms with Gasteiger partial charge in [0.05, 0.1) is 0 Å². The van der Waals surface area contributed by atoms with E-state index < -0.39 is 0 Å². The molecule has 0 aliphatic heterocycles. The summed E-state index contributed by atoms with van der Waals surface area (Å²) in [5.41, 5.74) is 2.74. The van der Waals surface area contributed by atoms with E-state index in [2.05, 4.69) is 18.2 Å². The number of hydrogen-bond acceptors (Lipinski definition) is 1.